The van der Waals surface area contributed by atoms with E-state index in [9.17, 15) is 0 Å². The predicted octanol–water partition coefficient (Wildman–Crippen LogP) is 2.78. The maximum Gasteiger partial charge on any atom is 0.120 e. The normalized spacial score (nSPS) is 24.4. The predicted molar refractivity (Wildman–Crippen MR) is 79.8 cm³/mol. The molecule has 2 N–H and O–H groups in total. The van der Waals surface area contributed by atoms with Crippen LogP contribution in [0.15, 0.2) is 24.3 Å². The fraction of sp³-hybridized carbons (Fsp3) is 0.600. The van der Waals surface area contributed by atoms with Crippen LogP contribution in [0, 0.1) is 5.92 Å². The lowest BCUT2D eigenvalue weighted by Crippen LogP contribution is -2.47. The molecule has 1 aromatic carbocycles. The zero-order valence-corrected chi connectivity index (χ0v) is 12.3. The molecular formula is C15H23ClN2O. The first-order chi connectivity index (χ1) is 9.19. The van der Waals surface area contributed by atoms with Gasteiger partial charge in [0.1, 0.15) is 12.4 Å². The lowest BCUT2D eigenvalue weighted by atomic mass is 9.92. The number of ether oxygens (including phenoxy) is 1. The molecule has 0 spiro atoms. The lowest BCUT2D eigenvalue weighted by Gasteiger charge is -2.37. The molecule has 1 aliphatic rings. The molecule has 2 rings (SSSR count). The van der Waals surface area contributed by atoms with Crippen LogP contribution in [-0.2, 0) is 0 Å². The van der Waals surface area contributed by atoms with Crippen LogP contribution in [-0.4, -0.2) is 37.2 Å². The number of hydrogen-bond acceptors (Lipinski definition) is 3. The number of nitrogens with two attached hydrogens (primary N) is 1. The summed E-state index contributed by atoms with van der Waals surface area (Å²) < 4.78 is 5.74. The highest BCUT2D eigenvalue weighted by molar-refractivity contribution is 6.30. The molecule has 106 valence electrons. The van der Waals surface area contributed by atoms with Gasteiger partial charge < -0.3 is 10.5 Å². The van der Waals surface area contributed by atoms with E-state index in [2.05, 4.69) is 11.8 Å². The first-order valence-corrected chi connectivity index (χ1v) is 7.39. The number of benzene rings is 1. The van der Waals surface area contributed by atoms with Gasteiger partial charge in [0.2, 0.25) is 0 Å². The van der Waals surface area contributed by atoms with E-state index in [0.29, 0.717) is 17.7 Å². The average molecular weight is 283 g/mol. The maximum atomic E-state index is 5.93. The van der Waals surface area contributed by atoms with Crippen molar-refractivity contribution in [2.45, 2.75) is 25.8 Å². The summed E-state index contributed by atoms with van der Waals surface area (Å²) >= 11 is 5.93. The van der Waals surface area contributed by atoms with Gasteiger partial charge in [-0.15, -0.1) is 0 Å². The quantitative estimate of drug-likeness (QED) is 0.902. The van der Waals surface area contributed by atoms with Gasteiger partial charge in [0.25, 0.3) is 0 Å². The molecule has 1 aliphatic heterocycles. The SMILES string of the molecule is CC1CCN(CCOc2cccc(Cl)c2)C(CN)C1. The zero-order valence-electron chi connectivity index (χ0n) is 11.5. The van der Waals surface area contributed by atoms with Crippen molar-refractivity contribution in [3.05, 3.63) is 29.3 Å². The van der Waals surface area contributed by atoms with E-state index < -0.39 is 0 Å². The molecule has 1 saturated heterocycles. The molecular weight excluding hydrogens is 260 g/mol. The first kappa shape index (κ1) is 14.6. The fourth-order valence-electron chi connectivity index (χ4n) is 2.68. The van der Waals surface area contributed by atoms with Crippen LogP contribution in [0.2, 0.25) is 5.02 Å². The first-order valence-electron chi connectivity index (χ1n) is 7.01. The summed E-state index contributed by atoms with van der Waals surface area (Å²) in [7, 11) is 0. The van der Waals surface area contributed by atoms with Gasteiger partial charge in [0.05, 0.1) is 0 Å². The largest absolute Gasteiger partial charge is 0.492 e. The summed E-state index contributed by atoms with van der Waals surface area (Å²) in [6, 6.07) is 8.05. The van der Waals surface area contributed by atoms with Gasteiger partial charge in [0, 0.05) is 24.2 Å². The Morgan fingerprint density at radius 2 is 2.32 bits per heavy atom. The molecule has 0 aromatic heterocycles. The van der Waals surface area contributed by atoms with Crippen molar-refractivity contribution in [2.24, 2.45) is 11.7 Å². The minimum absolute atomic E-state index is 0.506. The Balaban J connectivity index is 1.78. The Hall–Kier alpha value is -0.770. The Labute approximate surface area is 120 Å². The molecule has 2 atom stereocenters. The Morgan fingerprint density at radius 1 is 1.47 bits per heavy atom. The van der Waals surface area contributed by atoms with E-state index in [1.165, 1.54) is 12.8 Å². The van der Waals surface area contributed by atoms with Crippen LogP contribution in [0.5, 0.6) is 5.75 Å². The van der Waals surface area contributed by atoms with Crippen LogP contribution >= 0.6 is 11.6 Å². The lowest BCUT2D eigenvalue weighted by molar-refractivity contribution is 0.103. The molecule has 1 fully saturated rings. The molecule has 3 nitrogen and oxygen atoms in total. The highest BCUT2D eigenvalue weighted by Crippen LogP contribution is 2.22. The smallest absolute Gasteiger partial charge is 0.120 e. The van der Waals surface area contributed by atoms with Gasteiger partial charge in [0.15, 0.2) is 0 Å². The second-order valence-electron chi connectivity index (χ2n) is 5.36. The van der Waals surface area contributed by atoms with Gasteiger partial charge in [-0.05, 0) is 43.5 Å². The molecule has 1 aromatic rings. The average Bonchev–Trinajstić information content (AvgIpc) is 2.40. The van der Waals surface area contributed by atoms with Crippen LogP contribution in [0.25, 0.3) is 0 Å². The maximum absolute atomic E-state index is 5.93. The standard InChI is InChI=1S/C15H23ClN2O/c1-12-5-6-18(14(9-12)11-17)7-8-19-15-4-2-3-13(16)10-15/h2-4,10,12,14H,5-9,11,17H2,1H3. The minimum atomic E-state index is 0.506. The second kappa shape index (κ2) is 7.13. The third-order valence-corrected chi connectivity index (χ3v) is 4.05. The fourth-order valence-corrected chi connectivity index (χ4v) is 2.86. The van der Waals surface area contributed by atoms with E-state index in [-0.39, 0.29) is 0 Å². The van der Waals surface area contributed by atoms with Crippen molar-refractivity contribution in [1.29, 1.82) is 0 Å². The molecule has 4 heteroatoms. The highest BCUT2D eigenvalue weighted by atomic mass is 35.5. The van der Waals surface area contributed by atoms with Gasteiger partial charge >= 0.3 is 0 Å². The number of likely N-dealkylation sites (tertiary alicyclic amines) is 1. The number of nitrogens with zero attached hydrogens (tertiary/aromatic N) is 1. The topological polar surface area (TPSA) is 38.5 Å². The monoisotopic (exact) mass is 282 g/mol. The Morgan fingerprint density at radius 3 is 3.05 bits per heavy atom. The van der Waals surface area contributed by atoms with Gasteiger partial charge in [-0.3, -0.25) is 4.90 Å². The summed E-state index contributed by atoms with van der Waals surface area (Å²) in [5, 5.41) is 0.712. The van der Waals surface area contributed by atoms with Crippen LogP contribution in [0.1, 0.15) is 19.8 Å². The van der Waals surface area contributed by atoms with Crippen molar-refractivity contribution in [3.63, 3.8) is 0 Å². The zero-order chi connectivity index (χ0) is 13.7. The van der Waals surface area contributed by atoms with Crippen LogP contribution < -0.4 is 10.5 Å². The molecule has 19 heavy (non-hydrogen) atoms. The van der Waals surface area contributed by atoms with E-state index >= 15 is 0 Å². The summed E-state index contributed by atoms with van der Waals surface area (Å²) in [4.78, 5) is 2.45. The van der Waals surface area contributed by atoms with Gasteiger partial charge in [-0.25, -0.2) is 0 Å². The van der Waals surface area contributed by atoms with Gasteiger partial charge in [-0.2, -0.15) is 0 Å². The van der Waals surface area contributed by atoms with Crippen LogP contribution in [0.3, 0.4) is 0 Å². The molecule has 0 amide bonds. The van der Waals surface area contributed by atoms with E-state index in [1.807, 2.05) is 24.3 Å². The van der Waals surface area contributed by atoms with E-state index in [1.54, 1.807) is 0 Å². The van der Waals surface area contributed by atoms with Crippen molar-refractivity contribution in [2.75, 3.05) is 26.2 Å². The molecule has 0 saturated carbocycles. The second-order valence-corrected chi connectivity index (χ2v) is 5.80. The third-order valence-electron chi connectivity index (χ3n) is 3.82. The number of piperidine rings is 1. The Bertz CT molecular complexity index is 399. The molecule has 1 heterocycles. The molecule has 0 radical (unpaired) electrons. The van der Waals surface area contributed by atoms with Crippen molar-refractivity contribution < 1.29 is 4.74 Å². The summed E-state index contributed by atoms with van der Waals surface area (Å²) in [5.74, 6) is 1.63. The Kier molecular flexibility index (Phi) is 5.49. The number of rotatable bonds is 5. The summed E-state index contributed by atoms with van der Waals surface area (Å²) in [6.07, 6.45) is 2.46. The third kappa shape index (κ3) is 4.37. The summed E-state index contributed by atoms with van der Waals surface area (Å²) in [6.45, 7) is 5.79. The molecule has 0 aliphatic carbocycles. The molecule has 0 bridgehead atoms. The van der Waals surface area contributed by atoms with E-state index in [4.69, 9.17) is 22.1 Å². The van der Waals surface area contributed by atoms with Crippen molar-refractivity contribution >= 4 is 11.6 Å². The van der Waals surface area contributed by atoms with E-state index in [0.717, 1.165) is 31.3 Å². The van der Waals surface area contributed by atoms with Crippen molar-refractivity contribution in [1.82, 2.24) is 4.90 Å². The minimum Gasteiger partial charge on any atom is -0.492 e. The van der Waals surface area contributed by atoms with Gasteiger partial charge in [-0.1, -0.05) is 24.6 Å². The van der Waals surface area contributed by atoms with Crippen molar-refractivity contribution in [3.8, 4) is 5.75 Å². The summed E-state index contributed by atoms with van der Waals surface area (Å²) in [5.41, 5.74) is 5.86. The number of halogens is 1. The highest BCUT2D eigenvalue weighted by Gasteiger charge is 2.24. The molecule has 2 unspecified atom stereocenters. The van der Waals surface area contributed by atoms with Crippen LogP contribution in [0.4, 0.5) is 0 Å². The number of hydrogen-bond donors (Lipinski definition) is 1.